The van der Waals surface area contributed by atoms with Gasteiger partial charge in [0.15, 0.2) is 23.7 Å². The maximum atomic E-state index is 6.37. The van der Waals surface area contributed by atoms with Crippen LogP contribution in [0.1, 0.15) is 31.5 Å². The summed E-state index contributed by atoms with van der Waals surface area (Å²) in [6, 6.07) is 7.37. The highest BCUT2D eigenvalue weighted by atomic mass is 35.5. The van der Waals surface area contributed by atoms with Gasteiger partial charge in [-0.1, -0.05) is 41.7 Å². The van der Waals surface area contributed by atoms with Crippen LogP contribution < -0.4 is 5.73 Å². The molecule has 0 bridgehead atoms. The Hall–Kier alpha value is -2.18. The molecule has 2 heterocycles. The van der Waals surface area contributed by atoms with E-state index in [2.05, 4.69) is 15.1 Å². The molecule has 0 aliphatic heterocycles. The lowest BCUT2D eigenvalue weighted by atomic mass is 9.99. The molecule has 6 nitrogen and oxygen atoms in total. The summed E-state index contributed by atoms with van der Waals surface area (Å²) < 4.78 is 10.9. The molecule has 118 valence electrons. The summed E-state index contributed by atoms with van der Waals surface area (Å²) in [6.07, 6.45) is 5.22. The number of nitrogens with zero attached hydrogens (tertiary/aromatic N) is 3. The van der Waals surface area contributed by atoms with Crippen LogP contribution in [-0.2, 0) is 5.54 Å². The fourth-order valence-corrected chi connectivity index (χ4v) is 3.21. The SMILES string of the molecule is NC1(c2noc(-c3ncoc3-c3ccccc3Cl)n2)CCCC1. The van der Waals surface area contributed by atoms with Crippen LogP contribution in [0.25, 0.3) is 22.9 Å². The summed E-state index contributed by atoms with van der Waals surface area (Å²) in [7, 11) is 0. The van der Waals surface area contributed by atoms with Gasteiger partial charge in [-0.3, -0.25) is 0 Å². The van der Waals surface area contributed by atoms with Crippen molar-refractivity contribution in [3.8, 4) is 22.9 Å². The standard InChI is InChI=1S/C16H15ClN4O2/c17-11-6-2-1-5-10(11)13-12(19-9-22-13)14-20-15(21-23-14)16(18)7-3-4-8-16/h1-2,5-6,9H,3-4,7-8,18H2. The van der Waals surface area contributed by atoms with Gasteiger partial charge in [0.2, 0.25) is 0 Å². The summed E-state index contributed by atoms with van der Waals surface area (Å²) >= 11 is 6.23. The van der Waals surface area contributed by atoms with Crippen molar-refractivity contribution >= 4 is 11.6 Å². The van der Waals surface area contributed by atoms with E-state index in [1.165, 1.54) is 6.39 Å². The van der Waals surface area contributed by atoms with Gasteiger partial charge in [0.1, 0.15) is 0 Å². The van der Waals surface area contributed by atoms with Gasteiger partial charge in [0.05, 0.1) is 10.6 Å². The first-order valence-electron chi connectivity index (χ1n) is 7.49. The summed E-state index contributed by atoms with van der Waals surface area (Å²) in [4.78, 5) is 8.66. The highest BCUT2D eigenvalue weighted by Crippen LogP contribution is 2.37. The second-order valence-electron chi connectivity index (χ2n) is 5.80. The Kier molecular flexibility index (Phi) is 3.43. The third kappa shape index (κ3) is 2.44. The van der Waals surface area contributed by atoms with Gasteiger partial charge in [-0.2, -0.15) is 4.98 Å². The average molecular weight is 331 g/mol. The van der Waals surface area contributed by atoms with E-state index in [0.717, 1.165) is 31.2 Å². The summed E-state index contributed by atoms with van der Waals surface area (Å²) in [5, 5.41) is 4.62. The van der Waals surface area contributed by atoms with Crippen LogP contribution in [-0.4, -0.2) is 15.1 Å². The van der Waals surface area contributed by atoms with Crippen LogP contribution in [0.3, 0.4) is 0 Å². The van der Waals surface area contributed by atoms with E-state index in [4.69, 9.17) is 26.3 Å². The maximum absolute atomic E-state index is 6.37. The molecule has 1 aromatic carbocycles. The molecule has 1 saturated carbocycles. The van der Waals surface area contributed by atoms with Crippen molar-refractivity contribution in [3.05, 3.63) is 41.5 Å². The second kappa shape index (κ2) is 5.47. The fraction of sp³-hybridized carbons (Fsp3) is 0.312. The lowest BCUT2D eigenvalue weighted by Gasteiger charge is -2.17. The topological polar surface area (TPSA) is 91.0 Å². The van der Waals surface area contributed by atoms with Gasteiger partial charge in [-0.15, -0.1) is 0 Å². The van der Waals surface area contributed by atoms with Crippen LogP contribution in [0, 0.1) is 0 Å². The van der Waals surface area contributed by atoms with E-state index in [-0.39, 0.29) is 0 Å². The van der Waals surface area contributed by atoms with Crippen molar-refractivity contribution in [2.45, 2.75) is 31.2 Å². The number of nitrogens with two attached hydrogens (primary N) is 1. The average Bonchev–Trinajstić information content (AvgIpc) is 3.27. The quantitative estimate of drug-likeness (QED) is 0.786. The normalized spacial score (nSPS) is 16.8. The molecule has 1 aliphatic carbocycles. The van der Waals surface area contributed by atoms with Gasteiger partial charge < -0.3 is 14.7 Å². The van der Waals surface area contributed by atoms with Gasteiger partial charge in [0, 0.05) is 5.56 Å². The first-order valence-corrected chi connectivity index (χ1v) is 7.87. The van der Waals surface area contributed by atoms with E-state index < -0.39 is 5.54 Å². The minimum absolute atomic E-state index is 0.292. The Morgan fingerprint density at radius 3 is 2.74 bits per heavy atom. The Morgan fingerprint density at radius 1 is 1.17 bits per heavy atom. The van der Waals surface area contributed by atoms with E-state index in [1.807, 2.05) is 18.2 Å². The molecule has 0 saturated heterocycles. The zero-order valence-electron chi connectivity index (χ0n) is 12.3. The van der Waals surface area contributed by atoms with Crippen molar-refractivity contribution < 1.29 is 8.94 Å². The number of hydrogen-bond acceptors (Lipinski definition) is 6. The molecule has 0 atom stereocenters. The zero-order valence-corrected chi connectivity index (χ0v) is 13.1. The molecular weight excluding hydrogens is 316 g/mol. The van der Waals surface area contributed by atoms with E-state index in [1.54, 1.807) is 6.07 Å². The van der Waals surface area contributed by atoms with Crippen LogP contribution >= 0.6 is 11.6 Å². The third-order valence-electron chi connectivity index (χ3n) is 4.26. The van der Waals surface area contributed by atoms with E-state index in [0.29, 0.717) is 28.2 Å². The predicted octanol–water partition coefficient (Wildman–Crippen LogP) is 3.77. The molecule has 0 radical (unpaired) electrons. The van der Waals surface area contributed by atoms with Gasteiger partial charge in [0.25, 0.3) is 5.89 Å². The Bertz CT molecular complexity index is 836. The number of rotatable bonds is 3. The monoisotopic (exact) mass is 330 g/mol. The molecular formula is C16H15ClN4O2. The van der Waals surface area contributed by atoms with Crippen LogP contribution in [0.5, 0.6) is 0 Å². The van der Waals surface area contributed by atoms with Crippen molar-refractivity contribution in [3.63, 3.8) is 0 Å². The van der Waals surface area contributed by atoms with E-state index >= 15 is 0 Å². The molecule has 1 aliphatic rings. The largest absolute Gasteiger partial charge is 0.443 e. The van der Waals surface area contributed by atoms with Gasteiger partial charge in [-0.25, -0.2) is 4.98 Å². The lowest BCUT2D eigenvalue weighted by molar-refractivity contribution is 0.372. The van der Waals surface area contributed by atoms with E-state index in [9.17, 15) is 0 Å². The molecule has 7 heteroatoms. The third-order valence-corrected chi connectivity index (χ3v) is 4.59. The smallest absolute Gasteiger partial charge is 0.280 e. The first-order chi connectivity index (χ1) is 11.2. The van der Waals surface area contributed by atoms with Crippen molar-refractivity contribution in [2.75, 3.05) is 0 Å². The van der Waals surface area contributed by atoms with Gasteiger partial charge >= 0.3 is 0 Å². The van der Waals surface area contributed by atoms with Crippen molar-refractivity contribution in [2.24, 2.45) is 5.73 Å². The molecule has 4 rings (SSSR count). The number of halogens is 1. The summed E-state index contributed by atoms with van der Waals surface area (Å²) in [6.45, 7) is 0. The number of hydrogen-bond donors (Lipinski definition) is 1. The highest BCUT2D eigenvalue weighted by Gasteiger charge is 2.36. The molecule has 3 aromatic rings. The lowest BCUT2D eigenvalue weighted by Crippen LogP contribution is -2.34. The number of aromatic nitrogens is 3. The molecule has 23 heavy (non-hydrogen) atoms. The first kappa shape index (κ1) is 14.4. The van der Waals surface area contributed by atoms with Crippen molar-refractivity contribution in [1.82, 2.24) is 15.1 Å². The number of oxazole rings is 1. The predicted molar refractivity (Wildman–Crippen MR) is 84.6 cm³/mol. The highest BCUT2D eigenvalue weighted by molar-refractivity contribution is 6.33. The van der Waals surface area contributed by atoms with Crippen LogP contribution in [0.2, 0.25) is 5.02 Å². The Balaban J connectivity index is 1.75. The minimum atomic E-state index is -0.504. The second-order valence-corrected chi connectivity index (χ2v) is 6.20. The maximum Gasteiger partial charge on any atom is 0.280 e. The van der Waals surface area contributed by atoms with Crippen LogP contribution in [0.15, 0.2) is 39.6 Å². The molecule has 2 N–H and O–H groups in total. The number of benzene rings is 1. The zero-order chi connectivity index (χ0) is 15.9. The minimum Gasteiger partial charge on any atom is -0.443 e. The molecule has 0 unspecified atom stereocenters. The molecule has 0 spiro atoms. The molecule has 2 aromatic heterocycles. The Labute approximate surface area is 137 Å². The Morgan fingerprint density at radius 2 is 1.96 bits per heavy atom. The summed E-state index contributed by atoms with van der Waals surface area (Å²) in [5.74, 6) is 1.32. The van der Waals surface area contributed by atoms with Crippen molar-refractivity contribution in [1.29, 1.82) is 0 Å². The molecule has 0 amide bonds. The molecule has 1 fully saturated rings. The van der Waals surface area contributed by atoms with Crippen LogP contribution in [0.4, 0.5) is 0 Å². The summed E-state index contributed by atoms with van der Waals surface area (Å²) in [5.41, 5.74) is 7.06. The fourth-order valence-electron chi connectivity index (χ4n) is 2.99. The van der Waals surface area contributed by atoms with Gasteiger partial charge in [-0.05, 0) is 25.0 Å².